The number of aromatic nitrogens is 5. The van der Waals surface area contributed by atoms with Gasteiger partial charge in [0.1, 0.15) is 5.56 Å². The smallest absolute Gasteiger partial charge is 0.419 e. The molecule has 2 aromatic carbocycles. The number of anilines is 1. The maximum atomic E-state index is 14.4. The summed E-state index contributed by atoms with van der Waals surface area (Å²) in [5.74, 6) is -0.135. The molecule has 1 atom stereocenters. The van der Waals surface area contributed by atoms with Crippen LogP contribution >= 0.6 is 0 Å². The van der Waals surface area contributed by atoms with Crippen molar-refractivity contribution in [3.63, 3.8) is 0 Å². The molecule has 1 aliphatic heterocycles. The third-order valence-electron chi connectivity index (χ3n) is 7.77. The van der Waals surface area contributed by atoms with Crippen LogP contribution in [0.15, 0.2) is 72.0 Å². The van der Waals surface area contributed by atoms with Crippen LogP contribution in [-0.4, -0.2) is 67.4 Å². The molecule has 234 valence electrons. The normalized spacial score (nSPS) is 15.8. The lowest BCUT2D eigenvalue weighted by Crippen LogP contribution is -2.44. The number of piperidine rings is 1. The standard InChI is InChI=1S/C30H28F3N7O4S/c1-18-23(16-38(2)37-18)19-10-11-22-24(17-40(26(22)13-19)45(43,44)21-8-4-3-5-9-21)27-25(30(31,32)33)14-34-28(36-27)35-20-7-6-12-39(15-20)29(41)42/h3-5,8-11,13-14,16-17,20H,6-7,12,15H2,1-2H3,(H,41,42)(H,34,35,36)/t20-/m0/s1. The molecule has 0 bridgehead atoms. The number of hydrogen-bond donors (Lipinski definition) is 2. The lowest BCUT2D eigenvalue weighted by Gasteiger charge is -2.31. The van der Waals surface area contributed by atoms with E-state index in [2.05, 4.69) is 20.4 Å². The molecule has 45 heavy (non-hydrogen) atoms. The van der Waals surface area contributed by atoms with Crippen molar-refractivity contribution < 1.29 is 31.5 Å². The minimum absolute atomic E-state index is 0.0437. The van der Waals surface area contributed by atoms with Gasteiger partial charge < -0.3 is 15.3 Å². The van der Waals surface area contributed by atoms with E-state index in [4.69, 9.17) is 0 Å². The predicted octanol–water partition coefficient (Wildman–Crippen LogP) is 5.62. The van der Waals surface area contributed by atoms with E-state index in [1.54, 1.807) is 61.2 Å². The van der Waals surface area contributed by atoms with E-state index < -0.39 is 39.6 Å². The van der Waals surface area contributed by atoms with Gasteiger partial charge in [-0.15, -0.1) is 0 Å². The molecule has 3 aromatic heterocycles. The Kier molecular flexibility index (Phi) is 7.51. The van der Waals surface area contributed by atoms with Crippen LogP contribution in [-0.2, 0) is 23.2 Å². The fraction of sp³-hybridized carbons (Fsp3) is 0.267. The van der Waals surface area contributed by atoms with Crippen molar-refractivity contribution in [3.8, 4) is 22.4 Å². The number of nitrogens with one attached hydrogen (secondary N) is 1. The highest BCUT2D eigenvalue weighted by molar-refractivity contribution is 7.90. The molecule has 0 aliphatic carbocycles. The molecule has 0 spiro atoms. The van der Waals surface area contributed by atoms with E-state index in [1.807, 2.05) is 0 Å². The number of halogens is 3. The second-order valence-electron chi connectivity index (χ2n) is 10.9. The molecule has 1 saturated heterocycles. The first kappa shape index (κ1) is 30.1. The van der Waals surface area contributed by atoms with Gasteiger partial charge in [0.2, 0.25) is 5.95 Å². The van der Waals surface area contributed by atoms with Gasteiger partial charge in [0.25, 0.3) is 10.0 Å². The highest BCUT2D eigenvalue weighted by atomic mass is 32.2. The lowest BCUT2D eigenvalue weighted by molar-refractivity contribution is -0.137. The quantitative estimate of drug-likeness (QED) is 0.245. The van der Waals surface area contributed by atoms with Gasteiger partial charge in [-0.25, -0.2) is 27.2 Å². The number of carbonyl (C=O) groups is 1. The second-order valence-corrected chi connectivity index (χ2v) is 12.7. The van der Waals surface area contributed by atoms with Gasteiger partial charge in [0.15, 0.2) is 0 Å². The predicted molar refractivity (Wildman–Crippen MR) is 160 cm³/mol. The second kappa shape index (κ2) is 11.2. The molecular weight excluding hydrogens is 611 g/mol. The average molecular weight is 640 g/mol. The Balaban J connectivity index is 1.55. The Bertz CT molecular complexity index is 2020. The van der Waals surface area contributed by atoms with Gasteiger partial charge in [0.05, 0.1) is 21.8 Å². The highest BCUT2D eigenvalue weighted by Crippen LogP contribution is 2.41. The van der Waals surface area contributed by atoms with Crippen molar-refractivity contribution in [1.29, 1.82) is 0 Å². The minimum Gasteiger partial charge on any atom is -0.465 e. The van der Waals surface area contributed by atoms with Gasteiger partial charge in [-0.05, 0) is 43.5 Å². The van der Waals surface area contributed by atoms with Crippen LogP contribution in [0.2, 0.25) is 0 Å². The summed E-state index contributed by atoms with van der Waals surface area (Å²) in [5, 5.41) is 16.9. The Hall–Kier alpha value is -4.92. The molecule has 1 amide bonds. The number of amides is 1. The van der Waals surface area contributed by atoms with Crippen molar-refractivity contribution in [3.05, 3.63) is 78.4 Å². The van der Waals surface area contributed by atoms with E-state index in [0.29, 0.717) is 36.8 Å². The molecule has 6 rings (SSSR count). The molecule has 0 saturated carbocycles. The number of carboxylic acid groups (broad SMARTS) is 1. The summed E-state index contributed by atoms with van der Waals surface area (Å²) >= 11 is 0. The molecular formula is C30H28F3N7O4S. The largest absolute Gasteiger partial charge is 0.465 e. The van der Waals surface area contributed by atoms with Crippen molar-refractivity contribution in [2.45, 2.75) is 36.9 Å². The first-order valence-corrected chi connectivity index (χ1v) is 15.4. The number of benzene rings is 2. The van der Waals surface area contributed by atoms with Crippen molar-refractivity contribution >= 4 is 33.0 Å². The Morgan fingerprint density at radius 1 is 1.09 bits per heavy atom. The third-order valence-corrected chi connectivity index (χ3v) is 9.46. The summed E-state index contributed by atoms with van der Waals surface area (Å²) in [6, 6.07) is 12.1. The molecule has 0 unspecified atom stereocenters. The number of nitrogens with zero attached hydrogens (tertiary/aromatic N) is 6. The van der Waals surface area contributed by atoms with E-state index in [9.17, 15) is 31.5 Å². The molecule has 5 aromatic rings. The number of aryl methyl sites for hydroxylation is 2. The zero-order valence-electron chi connectivity index (χ0n) is 24.2. The first-order chi connectivity index (χ1) is 21.3. The van der Waals surface area contributed by atoms with E-state index in [1.165, 1.54) is 17.0 Å². The lowest BCUT2D eigenvalue weighted by atomic mass is 10.0. The molecule has 1 fully saturated rings. The zero-order valence-corrected chi connectivity index (χ0v) is 25.0. The monoisotopic (exact) mass is 639 g/mol. The Morgan fingerprint density at radius 3 is 2.51 bits per heavy atom. The van der Waals surface area contributed by atoms with Crippen LogP contribution < -0.4 is 5.32 Å². The Labute approximate surface area is 256 Å². The summed E-state index contributed by atoms with van der Waals surface area (Å²) in [4.78, 5) is 20.8. The Morgan fingerprint density at radius 2 is 1.84 bits per heavy atom. The summed E-state index contributed by atoms with van der Waals surface area (Å²) in [7, 11) is -2.51. The maximum absolute atomic E-state index is 14.4. The zero-order chi connectivity index (χ0) is 32.1. The van der Waals surface area contributed by atoms with Crippen molar-refractivity contribution in [1.82, 2.24) is 28.6 Å². The number of fused-ring (bicyclic) bond motifs is 1. The van der Waals surface area contributed by atoms with Crippen molar-refractivity contribution in [2.24, 2.45) is 7.05 Å². The SMILES string of the molecule is Cc1nn(C)cc1-c1ccc2c(-c3nc(N[C@H]4CCCN(C(=O)O)C4)ncc3C(F)(F)F)cn(S(=O)(=O)c3ccccc3)c2c1. The fourth-order valence-corrected chi connectivity index (χ4v) is 7.04. The van der Waals surface area contributed by atoms with E-state index >= 15 is 0 Å². The van der Waals surface area contributed by atoms with E-state index in [0.717, 1.165) is 15.7 Å². The highest BCUT2D eigenvalue weighted by Gasteiger charge is 2.37. The van der Waals surface area contributed by atoms with Crippen LogP contribution in [0.4, 0.5) is 23.9 Å². The van der Waals surface area contributed by atoms with Crippen LogP contribution in [0, 0.1) is 6.92 Å². The molecule has 0 radical (unpaired) electrons. The fourth-order valence-electron chi connectivity index (χ4n) is 5.66. The summed E-state index contributed by atoms with van der Waals surface area (Å²) in [5.41, 5.74) is 0.487. The molecule has 1 aliphatic rings. The van der Waals surface area contributed by atoms with Gasteiger partial charge >= 0.3 is 12.3 Å². The average Bonchev–Trinajstić information content (AvgIpc) is 3.56. The summed E-state index contributed by atoms with van der Waals surface area (Å²) in [6.45, 7) is 2.26. The van der Waals surface area contributed by atoms with Crippen LogP contribution in [0.25, 0.3) is 33.3 Å². The summed E-state index contributed by atoms with van der Waals surface area (Å²) in [6.07, 6.45) is -1.25. The van der Waals surface area contributed by atoms with E-state index in [-0.39, 0.29) is 33.9 Å². The van der Waals surface area contributed by atoms with Gasteiger partial charge in [-0.2, -0.15) is 18.3 Å². The molecule has 15 heteroatoms. The summed E-state index contributed by atoms with van der Waals surface area (Å²) < 4.78 is 73.7. The topological polar surface area (TPSA) is 135 Å². The number of likely N-dealkylation sites (tertiary alicyclic amines) is 1. The van der Waals surface area contributed by atoms with Crippen LogP contribution in [0.5, 0.6) is 0 Å². The van der Waals surface area contributed by atoms with Crippen molar-refractivity contribution in [2.75, 3.05) is 18.4 Å². The van der Waals surface area contributed by atoms with Gasteiger partial charge in [-0.3, -0.25) is 4.68 Å². The molecule has 4 heterocycles. The van der Waals surface area contributed by atoms with Gasteiger partial charge in [-0.1, -0.05) is 30.3 Å². The molecule has 2 N–H and O–H groups in total. The van der Waals surface area contributed by atoms with Gasteiger partial charge in [0, 0.05) is 61.3 Å². The first-order valence-electron chi connectivity index (χ1n) is 14.0. The third kappa shape index (κ3) is 5.70. The number of alkyl halides is 3. The minimum atomic E-state index is -4.86. The van der Waals surface area contributed by atoms with Crippen LogP contribution in [0.3, 0.4) is 0 Å². The number of rotatable bonds is 6. The molecule has 11 nitrogen and oxygen atoms in total. The number of hydrogen-bond acceptors (Lipinski definition) is 7. The van der Waals surface area contributed by atoms with Crippen LogP contribution in [0.1, 0.15) is 24.1 Å². The maximum Gasteiger partial charge on any atom is 0.419 e.